The molecule has 6 heteroatoms. The lowest BCUT2D eigenvalue weighted by atomic mass is 10.3. The number of hydrogen-bond acceptors (Lipinski definition) is 2. The summed E-state index contributed by atoms with van der Waals surface area (Å²) in [5, 5.41) is 0. The molecule has 0 saturated heterocycles. The van der Waals surface area contributed by atoms with E-state index in [1.165, 1.54) is 12.1 Å². The van der Waals surface area contributed by atoms with E-state index in [1.807, 2.05) is 6.07 Å². The summed E-state index contributed by atoms with van der Waals surface area (Å²) in [4.78, 5) is 0. The lowest BCUT2D eigenvalue weighted by molar-refractivity contribution is -0.153. The number of ether oxygens (including phenoxy) is 2. The Balaban J connectivity index is 2.12. The number of rotatable bonds is 4. The Kier molecular flexibility index (Phi) is 4.54. The Morgan fingerprint density at radius 3 is 2.20 bits per heavy atom. The molecule has 2 nitrogen and oxygen atoms in total. The fourth-order valence-corrected chi connectivity index (χ4v) is 1.92. The first-order valence-corrected chi connectivity index (χ1v) is 6.45. The van der Waals surface area contributed by atoms with Crippen LogP contribution >= 0.6 is 15.9 Å². The van der Waals surface area contributed by atoms with E-state index in [2.05, 4.69) is 15.9 Å². The van der Waals surface area contributed by atoms with E-state index in [0.29, 0.717) is 16.0 Å². The van der Waals surface area contributed by atoms with Crippen LogP contribution in [0.2, 0.25) is 0 Å². The summed E-state index contributed by atoms with van der Waals surface area (Å²) in [5.41, 5.74) is 0. The van der Waals surface area contributed by atoms with Crippen molar-refractivity contribution in [2.45, 2.75) is 6.18 Å². The van der Waals surface area contributed by atoms with Gasteiger partial charge in [-0.1, -0.05) is 34.1 Å². The predicted molar refractivity (Wildman–Crippen MR) is 72.2 cm³/mol. The third-order valence-electron chi connectivity index (χ3n) is 2.23. The third-order valence-corrected chi connectivity index (χ3v) is 2.68. The molecule has 2 aromatic rings. The van der Waals surface area contributed by atoms with Gasteiger partial charge in [0.15, 0.2) is 6.61 Å². The molecular weight excluding hydrogens is 337 g/mol. The van der Waals surface area contributed by atoms with Crippen molar-refractivity contribution < 1.29 is 22.6 Å². The van der Waals surface area contributed by atoms with Crippen molar-refractivity contribution in [2.75, 3.05) is 6.61 Å². The van der Waals surface area contributed by atoms with Crippen molar-refractivity contribution in [2.24, 2.45) is 0 Å². The molecule has 106 valence electrons. The highest BCUT2D eigenvalue weighted by Crippen LogP contribution is 2.30. The Labute approximate surface area is 122 Å². The van der Waals surface area contributed by atoms with Crippen LogP contribution in [0.25, 0.3) is 0 Å². The van der Waals surface area contributed by atoms with Crippen LogP contribution in [-0.2, 0) is 0 Å². The van der Waals surface area contributed by atoms with Gasteiger partial charge in [-0.25, -0.2) is 0 Å². The highest BCUT2D eigenvalue weighted by molar-refractivity contribution is 9.10. The Morgan fingerprint density at radius 2 is 1.55 bits per heavy atom. The van der Waals surface area contributed by atoms with Crippen molar-refractivity contribution >= 4 is 15.9 Å². The summed E-state index contributed by atoms with van der Waals surface area (Å²) < 4.78 is 47.2. The summed E-state index contributed by atoms with van der Waals surface area (Å²) in [5.74, 6) is 1.07. The molecular formula is C14H10BrF3O2. The Bertz CT molecular complexity index is 570. The van der Waals surface area contributed by atoms with Gasteiger partial charge in [0.1, 0.15) is 17.2 Å². The van der Waals surface area contributed by atoms with Crippen LogP contribution in [-0.4, -0.2) is 12.8 Å². The maximum atomic E-state index is 12.1. The largest absolute Gasteiger partial charge is 0.484 e. The Hall–Kier alpha value is -1.69. The van der Waals surface area contributed by atoms with Crippen LogP contribution in [0.4, 0.5) is 13.2 Å². The van der Waals surface area contributed by atoms with Crippen LogP contribution in [0, 0.1) is 0 Å². The minimum absolute atomic E-state index is 0.0858. The molecule has 0 unspecified atom stereocenters. The van der Waals surface area contributed by atoms with Gasteiger partial charge < -0.3 is 9.47 Å². The zero-order valence-corrected chi connectivity index (χ0v) is 11.7. The maximum absolute atomic E-state index is 12.1. The van der Waals surface area contributed by atoms with Gasteiger partial charge in [0.05, 0.1) is 0 Å². The Morgan fingerprint density at radius 1 is 0.900 bits per heavy atom. The van der Waals surface area contributed by atoms with E-state index in [4.69, 9.17) is 9.47 Å². The van der Waals surface area contributed by atoms with Crippen molar-refractivity contribution in [1.82, 2.24) is 0 Å². The highest BCUT2D eigenvalue weighted by atomic mass is 79.9. The monoisotopic (exact) mass is 346 g/mol. The average Bonchev–Trinajstić information content (AvgIpc) is 2.36. The van der Waals surface area contributed by atoms with Gasteiger partial charge in [-0.15, -0.1) is 0 Å². The number of hydrogen-bond donors (Lipinski definition) is 0. The molecule has 20 heavy (non-hydrogen) atoms. The van der Waals surface area contributed by atoms with Gasteiger partial charge >= 0.3 is 6.18 Å². The van der Waals surface area contributed by atoms with Gasteiger partial charge in [-0.3, -0.25) is 0 Å². The summed E-state index contributed by atoms with van der Waals surface area (Å²) in [6.07, 6.45) is -4.37. The summed E-state index contributed by atoms with van der Waals surface area (Å²) >= 11 is 3.21. The number of alkyl halides is 3. The maximum Gasteiger partial charge on any atom is 0.422 e. The van der Waals surface area contributed by atoms with Crippen LogP contribution in [0.1, 0.15) is 0 Å². The minimum Gasteiger partial charge on any atom is -0.484 e. The molecule has 0 heterocycles. The first-order valence-electron chi connectivity index (χ1n) is 5.65. The summed E-state index contributed by atoms with van der Waals surface area (Å²) in [7, 11) is 0. The zero-order chi connectivity index (χ0) is 14.6. The smallest absolute Gasteiger partial charge is 0.422 e. The molecule has 0 radical (unpaired) electrons. The molecule has 0 aliphatic carbocycles. The van der Waals surface area contributed by atoms with Crippen LogP contribution in [0.3, 0.4) is 0 Å². The van der Waals surface area contributed by atoms with Gasteiger partial charge in [-0.2, -0.15) is 13.2 Å². The van der Waals surface area contributed by atoms with Crippen LogP contribution < -0.4 is 9.47 Å². The van der Waals surface area contributed by atoms with Gasteiger partial charge in [-0.05, 0) is 24.3 Å². The number of halogens is 4. The van der Waals surface area contributed by atoms with E-state index in [0.717, 1.165) is 0 Å². The van der Waals surface area contributed by atoms with Crippen LogP contribution in [0.5, 0.6) is 17.2 Å². The van der Waals surface area contributed by atoms with Gasteiger partial charge in [0.2, 0.25) is 0 Å². The normalized spacial score (nSPS) is 11.2. The second-order valence-electron chi connectivity index (χ2n) is 3.94. The van der Waals surface area contributed by atoms with E-state index in [1.54, 1.807) is 30.3 Å². The standard InChI is InChI=1S/C14H10BrF3O2/c15-10-6-12(19-9-14(16,17)18)8-13(7-10)20-11-4-2-1-3-5-11/h1-8H,9H2. The molecule has 0 N–H and O–H groups in total. The minimum atomic E-state index is -4.37. The van der Waals surface area contributed by atoms with Crippen LogP contribution in [0.15, 0.2) is 53.0 Å². The molecule has 0 bridgehead atoms. The number of para-hydroxylation sites is 1. The number of benzene rings is 2. The molecule has 0 saturated carbocycles. The fourth-order valence-electron chi connectivity index (χ4n) is 1.47. The third kappa shape index (κ3) is 4.77. The molecule has 0 amide bonds. The van der Waals surface area contributed by atoms with E-state index >= 15 is 0 Å². The summed E-state index contributed by atoms with van der Waals surface area (Å²) in [6.45, 7) is -1.34. The molecule has 0 atom stereocenters. The van der Waals surface area contributed by atoms with Crippen molar-refractivity contribution in [3.05, 3.63) is 53.0 Å². The first kappa shape index (κ1) is 14.7. The molecule has 0 spiro atoms. The predicted octanol–water partition coefficient (Wildman–Crippen LogP) is 5.18. The fraction of sp³-hybridized carbons (Fsp3) is 0.143. The van der Waals surface area contributed by atoms with Crippen molar-refractivity contribution in [3.63, 3.8) is 0 Å². The van der Waals surface area contributed by atoms with Gasteiger partial charge in [0, 0.05) is 10.5 Å². The SMILES string of the molecule is FC(F)(F)COc1cc(Br)cc(Oc2ccccc2)c1. The molecule has 0 fully saturated rings. The van der Waals surface area contributed by atoms with E-state index in [-0.39, 0.29) is 5.75 Å². The quantitative estimate of drug-likeness (QED) is 0.759. The molecule has 0 aliphatic heterocycles. The van der Waals surface area contributed by atoms with Crippen molar-refractivity contribution in [3.8, 4) is 17.2 Å². The molecule has 0 aliphatic rings. The lowest BCUT2D eigenvalue weighted by Crippen LogP contribution is -2.19. The highest BCUT2D eigenvalue weighted by Gasteiger charge is 2.28. The summed E-state index contributed by atoms with van der Waals surface area (Å²) in [6, 6.07) is 13.4. The topological polar surface area (TPSA) is 18.5 Å². The second-order valence-corrected chi connectivity index (χ2v) is 4.86. The second kappa shape index (κ2) is 6.17. The zero-order valence-electron chi connectivity index (χ0n) is 10.2. The molecule has 0 aromatic heterocycles. The average molecular weight is 347 g/mol. The van der Waals surface area contributed by atoms with Crippen molar-refractivity contribution in [1.29, 1.82) is 0 Å². The lowest BCUT2D eigenvalue weighted by Gasteiger charge is -2.11. The van der Waals surface area contributed by atoms with Gasteiger partial charge in [0.25, 0.3) is 0 Å². The molecule has 2 rings (SSSR count). The molecule has 2 aromatic carbocycles. The first-order chi connectivity index (χ1) is 9.42. The van der Waals surface area contributed by atoms with E-state index in [9.17, 15) is 13.2 Å². The van der Waals surface area contributed by atoms with E-state index < -0.39 is 12.8 Å².